The molecule has 0 aromatic carbocycles. The number of rotatable bonds is 3. The van der Waals surface area contributed by atoms with E-state index in [1.807, 2.05) is 0 Å². The van der Waals surface area contributed by atoms with Crippen LogP contribution in [-0.2, 0) is 14.3 Å². The third-order valence-corrected chi connectivity index (χ3v) is 2.02. The Morgan fingerprint density at radius 2 is 2.31 bits per heavy atom. The van der Waals surface area contributed by atoms with Gasteiger partial charge in [0.25, 0.3) is 0 Å². The molecule has 0 spiro atoms. The Hall–Kier alpha value is -0.490. The Labute approximate surface area is 76.3 Å². The van der Waals surface area contributed by atoms with E-state index in [1.54, 1.807) is 13.8 Å². The van der Waals surface area contributed by atoms with Crippen LogP contribution in [0.3, 0.4) is 0 Å². The predicted octanol–water partition coefficient (Wildman–Crippen LogP) is -0.940. The van der Waals surface area contributed by atoms with Crippen LogP contribution in [-0.4, -0.2) is 47.2 Å². The van der Waals surface area contributed by atoms with Crippen LogP contribution in [0.1, 0.15) is 13.8 Å². The number of hydrogen-bond donors (Lipinski definition) is 2. The van der Waals surface area contributed by atoms with Gasteiger partial charge < -0.3 is 19.7 Å². The first-order valence-corrected chi connectivity index (χ1v) is 4.05. The molecule has 0 aromatic rings. The number of aliphatic hydroxyl groups excluding tert-OH is 1. The van der Waals surface area contributed by atoms with Crippen LogP contribution in [0.4, 0.5) is 0 Å². The Morgan fingerprint density at radius 3 is 2.62 bits per heavy atom. The molecular formula is C8H14O5. The lowest BCUT2D eigenvalue weighted by atomic mass is 10.0. The Balaban J connectivity index is 2.69. The smallest absolute Gasteiger partial charge is 0.171 e. The van der Waals surface area contributed by atoms with Gasteiger partial charge in [0.15, 0.2) is 17.7 Å². The van der Waals surface area contributed by atoms with E-state index in [9.17, 15) is 9.90 Å². The Bertz CT molecular complexity index is 203. The number of aldehydes is 1. The fourth-order valence-electron chi connectivity index (χ4n) is 1.15. The van der Waals surface area contributed by atoms with E-state index in [4.69, 9.17) is 14.6 Å². The van der Waals surface area contributed by atoms with Crippen molar-refractivity contribution in [2.24, 2.45) is 0 Å². The molecule has 0 saturated carbocycles. The lowest BCUT2D eigenvalue weighted by Crippen LogP contribution is -2.49. The van der Waals surface area contributed by atoms with E-state index in [1.165, 1.54) is 0 Å². The largest absolute Gasteiger partial charge is 0.393 e. The number of hydrogen-bond acceptors (Lipinski definition) is 5. The normalized spacial score (nSPS) is 31.2. The summed E-state index contributed by atoms with van der Waals surface area (Å²) in [6.45, 7) is 2.79. The van der Waals surface area contributed by atoms with Crippen LogP contribution in [0, 0.1) is 0 Å². The molecule has 0 amide bonds. The SMILES string of the molecule is CC1(C)OCC(C(O)(C=O)CO)O1. The highest BCUT2D eigenvalue weighted by Crippen LogP contribution is 2.27. The summed E-state index contributed by atoms with van der Waals surface area (Å²) in [5.41, 5.74) is -1.85. The molecule has 1 rings (SSSR count). The summed E-state index contributed by atoms with van der Waals surface area (Å²) in [5.74, 6) is -0.809. The molecule has 1 saturated heterocycles. The van der Waals surface area contributed by atoms with Crippen LogP contribution in [0.2, 0.25) is 0 Å². The molecule has 0 radical (unpaired) electrons. The van der Waals surface area contributed by atoms with Gasteiger partial charge >= 0.3 is 0 Å². The molecule has 5 heteroatoms. The molecule has 1 heterocycles. The van der Waals surface area contributed by atoms with Gasteiger partial charge in [0, 0.05) is 0 Å². The van der Waals surface area contributed by atoms with Crippen molar-refractivity contribution in [2.75, 3.05) is 13.2 Å². The van der Waals surface area contributed by atoms with Crippen molar-refractivity contribution in [2.45, 2.75) is 31.3 Å². The van der Waals surface area contributed by atoms with Crippen LogP contribution in [0.25, 0.3) is 0 Å². The molecular weight excluding hydrogens is 176 g/mol. The van der Waals surface area contributed by atoms with Gasteiger partial charge in [0.1, 0.15) is 6.10 Å². The average molecular weight is 190 g/mol. The summed E-state index contributed by atoms with van der Waals surface area (Å²) in [6, 6.07) is 0. The van der Waals surface area contributed by atoms with Gasteiger partial charge in [-0.1, -0.05) is 0 Å². The number of ether oxygens (including phenoxy) is 2. The van der Waals surface area contributed by atoms with Crippen molar-refractivity contribution >= 4 is 6.29 Å². The topological polar surface area (TPSA) is 76.0 Å². The monoisotopic (exact) mass is 190 g/mol. The van der Waals surface area contributed by atoms with Crippen molar-refractivity contribution in [3.05, 3.63) is 0 Å². The molecule has 2 N–H and O–H groups in total. The fraction of sp³-hybridized carbons (Fsp3) is 0.875. The standard InChI is InChI=1S/C8H14O5/c1-7(2)12-3-6(13-7)8(11,4-9)5-10/h4,6,10-11H,3,5H2,1-2H3. The minimum atomic E-state index is -1.85. The van der Waals surface area contributed by atoms with Gasteiger partial charge in [-0.2, -0.15) is 0 Å². The highest BCUT2D eigenvalue weighted by molar-refractivity contribution is 5.63. The van der Waals surface area contributed by atoms with Crippen LogP contribution in [0.15, 0.2) is 0 Å². The predicted molar refractivity (Wildman–Crippen MR) is 43.0 cm³/mol. The fourth-order valence-corrected chi connectivity index (χ4v) is 1.15. The summed E-state index contributed by atoms with van der Waals surface area (Å²) >= 11 is 0. The van der Waals surface area contributed by atoms with Gasteiger partial charge in [-0.3, -0.25) is 4.79 Å². The maximum atomic E-state index is 10.5. The zero-order valence-corrected chi connectivity index (χ0v) is 7.69. The second-order valence-electron chi connectivity index (χ2n) is 3.58. The molecule has 1 aliphatic heterocycles. The number of carbonyl (C=O) groups excluding carboxylic acids is 1. The molecule has 2 atom stereocenters. The zero-order valence-electron chi connectivity index (χ0n) is 7.69. The molecule has 0 aliphatic carbocycles. The van der Waals surface area contributed by atoms with Gasteiger partial charge in [0.05, 0.1) is 13.2 Å². The highest BCUT2D eigenvalue weighted by atomic mass is 16.7. The summed E-state index contributed by atoms with van der Waals surface area (Å²) < 4.78 is 10.4. The van der Waals surface area contributed by atoms with Crippen LogP contribution in [0.5, 0.6) is 0 Å². The maximum Gasteiger partial charge on any atom is 0.171 e. The molecule has 5 nitrogen and oxygen atoms in total. The lowest BCUT2D eigenvalue weighted by molar-refractivity contribution is -0.177. The van der Waals surface area contributed by atoms with E-state index in [0.29, 0.717) is 0 Å². The van der Waals surface area contributed by atoms with Crippen LogP contribution >= 0.6 is 0 Å². The minimum absolute atomic E-state index is 0.100. The first-order chi connectivity index (χ1) is 5.93. The van der Waals surface area contributed by atoms with Crippen molar-refractivity contribution < 1.29 is 24.5 Å². The van der Waals surface area contributed by atoms with Gasteiger partial charge in [-0.15, -0.1) is 0 Å². The molecule has 13 heavy (non-hydrogen) atoms. The highest BCUT2D eigenvalue weighted by Gasteiger charge is 2.45. The van der Waals surface area contributed by atoms with Crippen molar-refractivity contribution in [3.63, 3.8) is 0 Å². The lowest BCUT2D eigenvalue weighted by Gasteiger charge is -2.26. The van der Waals surface area contributed by atoms with Gasteiger partial charge in [0.2, 0.25) is 0 Å². The quantitative estimate of drug-likeness (QED) is 0.562. The Morgan fingerprint density at radius 1 is 1.69 bits per heavy atom. The first kappa shape index (κ1) is 10.6. The second-order valence-corrected chi connectivity index (χ2v) is 3.58. The molecule has 2 unspecified atom stereocenters. The summed E-state index contributed by atoms with van der Waals surface area (Å²) in [4.78, 5) is 10.5. The molecule has 1 fully saturated rings. The van der Waals surface area contributed by atoms with E-state index >= 15 is 0 Å². The summed E-state index contributed by atoms with van der Waals surface area (Å²) in [6.07, 6.45) is -0.521. The third-order valence-electron chi connectivity index (χ3n) is 2.02. The van der Waals surface area contributed by atoms with Crippen LogP contribution < -0.4 is 0 Å². The Kier molecular flexibility index (Phi) is 2.72. The molecule has 0 aromatic heterocycles. The average Bonchev–Trinajstić information content (AvgIpc) is 2.45. The zero-order chi connectivity index (χ0) is 10.1. The first-order valence-electron chi connectivity index (χ1n) is 4.05. The second kappa shape index (κ2) is 3.34. The number of carbonyl (C=O) groups is 1. The van der Waals surface area contributed by atoms with E-state index in [0.717, 1.165) is 0 Å². The third kappa shape index (κ3) is 2.05. The minimum Gasteiger partial charge on any atom is -0.393 e. The van der Waals surface area contributed by atoms with Crippen molar-refractivity contribution in [3.8, 4) is 0 Å². The molecule has 76 valence electrons. The van der Waals surface area contributed by atoms with Crippen molar-refractivity contribution in [1.29, 1.82) is 0 Å². The van der Waals surface area contributed by atoms with E-state index < -0.39 is 24.1 Å². The van der Waals surface area contributed by atoms with Gasteiger partial charge in [-0.25, -0.2) is 0 Å². The summed E-state index contributed by atoms with van der Waals surface area (Å²) in [7, 11) is 0. The molecule has 0 bridgehead atoms. The summed E-state index contributed by atoms with van der Waals surface area (Å²) in [5, 5.41) is 18.3. The van der Waals surface area contributed by atoms with E-state index in [2.05, 4.69) is 0 Å². The van der Waals surface area contributed by atoms with Crippen molar-refractivity contribution in [1.82, 2.24) is 0 Å². The molecule has 1 aliphatic rings. The number of aliphatic hydroxyl groups is 2. The van der Waals surface area contributed by atoms with E-state index in [-0.39, 0.29) is 12.9 Å². The van der Waals surface area contributed by atoms with Gasteiger partial charge in [-0.05, 0) is 13.8 Å². The maximum absolute atomic E-state index is 10.5.